The molecule has 2 aromatic rings. The summed E-state index contributed by atoms with van der Waals surface area (Å²) in [6, 6.07) is 10.5. The van der Waals surface area contributed by atoms with Crippen molar-refractivity contribution in [2.75, 3.05) is 0 Å². The Bertz CT molecular complexity index is 532. The van der Waals surface area contributed by atoms with Crippen molar-refractivity contribution < 1.29 is 13.2 Å². The van der Waals surface area contributed by atoms with Crippen molar-refractivity contribution in [2.24, 2.45) is 0 Å². The van der Waals surface area contributed by atoms with Crippen molar-refractivity contribution in [3.05, 3.63) is 59.3 Å². The summed E-state index contributed by atoms with van der Waals surface area (Å²) in [5.74, 6) is 0.693. The molecule has 0 unspecified atom stereocenters. The van der Waals surface area contributed by atoms with Gasteiger partial charge in [0.25, 0.3) is 0 Å². The molecule has 100 valence electrons. The summed E-state index contributed by atoms with van der Waals surface area (Å²) in [5.41, 5.74) is 1.59. The van der Waals surface area contributed by atoms with E-state index < -0.39 is 11.7 Å². The molecule has 1 aromatic heterocycles. The third kappa shape index (κ3) is 3.99. The third-order valence-electron chi connectivity index (χ3n) is 2.57. The second-order valence-electron chi connectivity index (χ2n) is 4.16. The summed E-state index contributed by atoms with van der Waals surface area (Å²) >= 11 is 1.42. The van der Waals surface area contributed by atoms with Gasteiger partial charge in [-0.05, 0) is 24.6 Å². The zero-order valence-corrected chi connectivity index (χ0v) is 11.1. The molecular weight excluding hydrogens is 271 g/mol. The van der Waals surface area contributed by atoms with Crippen LogP contribution in [0.1, 0.15) is 16.7 Å². The molecule has 1 aromatic carbocycles. The predicted octanol–water partition coefficient (Wildman–Crippen LogP) is 4.70. The topological polar surface area (TPSA) is 12.9 Å². The fourth-order valence-electron chi connectivity index (χ4n) is 1.47. The lowest BCUT2D eigenvalue weighted by Crippen LogP contribution is -2.05. The molecule has 0 radical (unpaired) electrons. The second kappa shape index (κ2) is 5.65. The molecule has 0 N–H and O–H groups in total. The number of aryl methyl sites for hydroxylation is 1. The first kappa shape index (κ1) is 13.9. The number of aromatic nitrogens is 1. The van der Waals surface area contributed by atoms with Crippen molar-refractivity contribution in [3.63, 3.8) is 0 Å². The maximum atomic E-state index is 12.4. The number of rotatable bonds is 3. The van der Waals surface area contributed by atoms with Gasteiger partial charge in [0.15, 0.2) is 0 Å². The van der Waals surface area contributed by atoms with Crippen molar-refractivity contribution in [1.29, 1.82) is 0 Å². The van der Waals surface area contributed by atoms with Gasteiger partial charge in [-0.1, -0.05) is 29.8 Å². The summed E-state index contributed by atoms with van der Waals surface area (Å²) in [5, 5.41) is 0.591. The van der Waals surface area contributed by atoms with Crippen LogP contribution in [0.2, 0.25) is 0 Å². The van der Waals surface area contributed by atoms with Crippen molar-refractivity contribution in [3.8, 4) is 0 Å². The Hall–Kier alpha value is -1.49. The molecule has 0 bridgehead atoms. The highest BCUT2D eigenvalue weighted by Crippen LogP contribution is 2.30. The lowest BCUT2D eigenvalue weighted by atomic mass is 10.2. The first-order chi connectivity index (χ1) is 8.95. The Kier molecular flexibility index (Phi) is 4.14. The third-order valence-corrected chi connectivity index (χ3v) is 3.59. The van der Waals surface area contributed by atoms with Crippen LogP contribution < -0.4 is 0 Å². The van der Waals surface area contributed by atoms with Crippen LogP contribution in [0.4, 0.5) is 13.2 Å². The second-order valence-corrected chi connectivity index (χ2v) is 5.15. The van der Waals surface area contributed by atoms with E-state index in [1.54, 1.807) is 0 Å². The van der Waals surface area contributed by atoms with Gasteiger partial charge < -0.3 is 0 Å². The molecule has 0 aliphatic carbocycles. The van der Waals surface area contributed by atoms with Crippen molar-refractivity contribution >= 4 is 11.8 Å². The van der Waals surface area contributed by atoms with Crippen LogP contribution in [-0.4, -0.2) is 4.98 Å². The maximum absolute atomic E-state index is 12.4. The summed E-state index contributed by atoms with van der Waals surface area (Å²) < 4.78 is 37.1. The van der Waals surface area contributed by atoms with E-state index in [1.807, 2.05) is 31.2 Å². The van der Waals surface area contributed by atoms with E-state index in [-0.39, 0.29) is 0 Å². The SMILES string of the molecule is Cc1ccc(CSc2ccc(C(F)(F)F)cn2)cc1. The highest BCUT2D eigenvalue weighted by molar-refractivity contribution is 7.98. The fourth-order valence-corrected chi connectivity index (χ4v) is 2.27. The van der Waals surface area contributed by atoms with Crippen LogP contribution in [0.3, 0.4) is 0 Å². The van der Waals surface area contributed by atoms with E-state index in [0.717, 1.165) is 17.8 Å². The van der Waals surface area contributed by atoms with Crippen LogP contribution in [0.5, 0.6) is 0 Å². The molecule has 0 atom stereocenters. The summed E-state index contributed by atoms with van der Waals surface area (Å²) in [6.07, 6.45) is -3.45. The van der Waals surface area contributed by atoms with Crippen molar-refractivity contribution in [2.45, 2.75) is 23.9 Å². The first-order valence-electron chi connectivity index (χ1n) is 5.67. The summed E-state index contributed by atoms with van der Waals surface area (Å²) in [7, 11) is 0. The Morgan fingerprint density at radius 1 is 1.05 bits per heavy atom. The lowest BCUT2D eigenvalue weighted by molar-refractivity contribution is -0.137. The number of nitrogens with zero attached hydrogens (tertiary/aromatic N) is 1. The smallest absolute Gasteiger partial charge is 0.249 e. The average Bonchev–Trinajstić information content (AvgIpc) is 2.37. The van der Waals surface area contributed by atoms with E-state index in [1.165, 1.54) is 23.4 Å². The average molecular weight is 283 g/mol. The molecule has 0 spiro atoms. The summed E-state index contributed by atoms with van der Waals surface area (Å²) in [6.45, 7) is 2.01. The highest BCUT2D eigenvalue weighted by atomic mass is 32.2. The minimum absolute atomic E-state index is 0.591. The number of alkyl halides is 3. The predicted molar refractivity (Wildman–Crippen MR) is 70.0 cm³/mol. The van der Waals surface area contributed by atoms with Gasteiger partial charge in [0, 0.05) is 11.9 Å². The number of pyridine rings is 1. The van der Waals surface area contributed by atoms with E-state index in [0.29, 0.717) is 10.8 Å². The van der Waals surface area contributed by atoms with Crippen molar-refractivity contribution in [1.82, 2.24) is 4.98 Å². The molecule has 2 rings (SSSR count). The molecule has 0 aliphatic rings. The van der Waals surface area contributed by atoms with Crippen LogP contribution in [-0.2, 0) is 11.9 Å². The highest BCUT2D eigenvalue weighted by Gasteiger charge is 2.30. The normalized spacial score (nSPS) is 11.6. The number of thioether (sulfide) groups is 1. The first-order valence-corrected chi connectivity index (χ1v) is 6.65. The minimum Gasteiger partial charge on any atom is -0.249 e. The molecule has 5 heteroatoms. The Labute approximate surface area is 113 Å². The molecule has 0 saturated carbocycles. The number of hydrogen-bond donors (Lipinski definition) is 0. The van der Waals surface area contributed by atoms with E-state index in [4.69, 9.17) is 0 Å². The van der Waals surface area contributed by atoms with Gasteiger partial charge in [0.2, 0.25) is 0 Å². The Morgan fingerprint density at radius 3 is 2.26 bits per heavy atom. The molecule has 1 heterocycles. The fraction of sp³-hybridized carbons (Fsp3) is 0.214. The minimum atomic E-state index is -4.33. The zero-order chi connectivity index (χ0) is 13.9. The lowest BCUT2D eigenvalue weighted by Gasteiger charge is -2.06. The van der Waals surface area contributed by atoms with Gasteiger partial charge in [-0.3, -0.25) is 0 Å². The Balaban J connectivity index is 1.98. The van der Waals surface area contributed by atoms with Gasteiger partial charge in [-0.2, -0.15) is 13.2 Å². The van der Waals surface area contributed by atoms with Crippen LogP contribution in [0, 0.1) is 6.92 Å². The molecule has 0 aliphatic heterocycles. The van der Waals surface area contributed by atoms with E-state index >= 15 is 0 Å². The standard InChI is InChI=1S/C14H12F3NS/c1-10-2-4-11(5-3-10)9-19-13-7-6-12(8-18-13)14(15,16)17/h2-8H,9H2,1H3. The number of halogens is 3. The quantitative estimate of drug-likeness (QED) is 0.757. The molecular formula is C14H12F3NS. The Morgan fingerprint density at radius 2 is 1.74 bits per heavy atom. The monoisotopic (exact) mass is 283 g/mol. The summed E-state index contributed by atoms with van der Waals surface area (Å²) in [4.78, 5) is 3.82. The molecule has 1 nitrogen and oxygen atoms in total. The van der Waals surface area contributed by atoms with Crippen LogP contribution in [0.25, 0.3) is 0 Å². The van der Waals surface area contributed by atoms with Gasteiger partial charge in [-0.25, -0.2) is 4.98 Å². The molecule has 0 amide bonds. The van der Waals surface area contributed by atoms with Gasteiger partial charge in [-0.15, -0.1) is 11.8 Å². The maximum Gasteiger partial charge on any atom is 0.417 e. The number of benzene rings is 1. The molecule has 0 saturated heterocycles. The zero-order valence-electron chi connectivity index (χ0n) is 10.2. The van der Waals surface area contributed by atoms with Gasteiger partial charge in [0.05, 0.1) is 10.6 Å². The van der Waals surface area contributed by atoms with Gasteiger partial charge in [0.1, 0.15) is 0 Å². The van der Waals surface area contributed by atoms with Crippen LogP contribution in [0.15, 0.2) is 47.6 Å². The molecule has 19 heavy (non-hydrogen) atoms. The molecule has 0 fully saturated rings. The largest absolute Gasteiger partial charge is 0.417 e. The number of hydrogen-bond acceptors (Lipinski definition) is 2. The van der Waals surface area contributed by atoms with E-state index in [2.05, 4.69) is 4.98 Å². The van der Waals surface area contributed by atoms with E-state index in [9.17, 15) is 13.2 Å². The van der Waals surface area contributed by atoms with Gasteiger partial charge >= 0.3 is 6.18 Å². The van der Waals surface area contributed by atoms with Crippen LogP contribution >= 0.6 is 11.8 Å².